The number of esters is 1. The predicted octanol–water partition coefficient (Wildman–Crippen LogP) is 3.75. The van der Waals surface area contributed by atoms with Crippen molar-refractivity contribution in [3.63, 3.8) is 0 Å². The molecule has 0 unspecified atom stereocenters. The number of nitrogens with zero attached hydrogens (tertiary/aromatic N) is 4. The highest BCUT2D eigenvalue weighted by Gasteiger charge is 2.50. The summed E-state index contributed by atoms with van der Waals surface area (Å²) >= 11 is 0. The fourth-order valence-electron chi connectivity index (χ4n) is 8.48. The summed E-state index contributed by atoms with van der Waals surface area (Å²) in [4.78, 5) is 70.8. The number of rotatable bonds is 7. The van der Waals surface area contributed by atoms with E-state index in [1.165, 1.54) is 20.8 Å². The summed E-state index contributed by atoms with van der Waals surface area (Å²) in [6.07, 6.45) is 1.56. The molecule has 2 aliphatic rings. The van der Waals surface area contributed by atoms with E-state index in [1.807, 2.05) is 65.2 Å². The van der Waals surface area contributed by atoms with Gasteiger partial charge in [0.2, 0.25) is 23.6 Å². The van der Waals surface area contributed by atoms with E-state index in [9.17, 15) is 24.0 Å². The summed E-state index contributed by atoms with van der Waals surface area (Å²) in [6.45, 7) is 23.9. The smallest absolute Gasteiger partial charge is 0.303 e. The third-order valence-corrected chi connectivity index (χ3v) is 8.82. The van der Waals surface area contributed by atoms with Gasteiger partial charge in [-0.05, 0) is 81.1 Å². The van der Waals surface area contributed by atoms with E-state index in [2.05, 4.69) is 0 Å². The minimum atomic E-state index is -0.741. The van der Waals surface area contributed by atoms with Crippen molar-refractivity contribution in [1.29, 1.82) is 0 Å². The molecule has 10 heteroatoms. The average Bonchev–Trinajstić information content (AvgIpc) is 2.69. The molecule has 0 atom stereocenters. The standard InChI is InChI=1S/C31H54N4O6/c1-20(36)32(25-14-28(6,7)34(22(3)38)29(8,9)15-25)18-27(41-24(5)40)19-33(21(2)37)26-16-30(10,11)35(23(4)39)31(12,13)17-26/h25-27H,14-19H2,1-13H3. The van der Waals surface area contributed by atoms with Crippen LogP contribution in [0.4, 0.5) is 0 Å². The Balaban J connectivity index is 2.40. The van der Waals surface area contributed by atoms with Crippen LogP contribution in [0.2, 0.25) is 0 Å². The Labute approximate surface area is 247 Å². The van der Waals surface area contributed by atoms with Gasteiger partial charge in [0.05, 0.1) is 13.1 Å². The van der Waals surface area contributed by atoms with Crippen LogP contribution in [0.5, 0.6) is 0 Å². The molecular weight excluding hydrogens is 524 g/mol. The molecule has 0 aliphatic carbocycles. The van der Waals surface area contributed by atoms with Gasteiger partial charge in [0, 0.05) is 68.9 Å². The molecule has 2 heterocycles. The van der Waals surface area contributed by atoms with Gasteiger partial charge < -0.3 is 24.3 Å². The van der Waals surface area contributed by atoms with Gasteiger partial charge in [-0.25, -0.2) is 0 Å². The summed E-state index contributed by atoms with van der Waals surface area (Å²) < 4.78 is 5.76. The Morgan fingerprint density at radius 1 is 0.610 bits per heavy atom. The van der Waals surface area contributed by atoms with Crippen molar-refractivity contribution in [2.75, 3.05) is 13.1 Å². The number of carbonyl (C=O) groups is 5. The molecule has 2 rings (SSSR count). The molecule has 41 heavy (non-hydrogen) atoms. The van der Waals surface area contributed by atoms with Gasteiger partial charge in [0.15, 0.2) is 0 Å². The second-order valence-corrected chi connectivity index (χ2v) is 14.7. The lowest BCUT2D eigenvalue weighted by Gasteiger charge is -2.57. The third-order valence-electron chi connectivity index (χ3n) is 8.82. The second-order valence-electron chi connectivity index (χ2n) is 14.7. The number of piperidine rings is 2. The van der Waals surface area contributed by atoms with Crippen LogP contribution in [0, 0.1) is 0 Å². The molecule has 10 nitrogen and oxygen atoms in total. The maximum Gasteiger partial charge on any atom is 0.303 e. The molecule has 0 radical (unpaired) electrons. The van der Waals surface area contributed by atoms with Crippen molar-refractivity contribution in [3.8, 4) is 0 Å². The minimum absolute atomic E-state index is 0.00983. The fourth-order valence-corrected chi connectivity index (χ4v) is 8.48. The van der Waals surface area contributed by atoms with E-state index < -0.39 is 34.2 Å². The fraction of sp³-hybridized carbons (Fsp3) is 0.839. The van der Waals surface area contributed by atoms with Gasteiger partial charge >= 0.3 is 5.97 Å². The first-order valence-corrected chi connectivity index (χ1v) is 14.8. The van der Waals surface area contributed by atoms with E-state index in [0.29, 0.717) is 25.7 Å². The molecule has 0 aromatic heterocycles. The summed E-state index contributed by atoms with van der Waals surface area (Å²) in [5.74, 6) is -0.808. The van der Waals surface area contributed by atoms with E-state index in [-0.39, 0.29) is 48.8 Å². The van der Waals surface area contributed by atoms with Gasteiger partial charge in [0.1, 0.15) is 6.10 Å². The summed E-state index contributed by atoms with van der Waals surface area (Å²) in [6, 6.07) is -0.373. The Hall–Kier alpha value is -2.65. The summed E-state index contributed by atoms with van der Waals surface area (Å²) in [5.41, 5.74) is -1.96. The summed E-state index contributed by atoms with van der Waals surface area (Å²) in [7, 11) is 0. The van der Waals surface area contributed by atoms with Gasteiger partial charge in [-0.2, -0.15) is 0 Å². The Morgan fingerprint density at radius 3 is 1.07 bits per heavy atom. The molecule has 234 valence electrons. The lowest BCUT2D eigenvalue weighted by atomic mass is 9.76. The molecule has 0 spiro atoms. The molecule has 2 saturated heterocycles. The number of amides is 4. The van der Waals surface area contributed by atoms with Crippen LogP contribution >= 0.6 is 0 Å². The zero-order valence-corrected chi connectivity index (χ0v) is 27.7. The van der Waals surface area contributed by atoms with Crippen molar-refractivity contribution >= 4 is 29.6 Å². The van der Waals surface area contributed by atoms with Crippen molar-refractivity contribution < 1.29 is 28.7 Å². The average molecular weight is 579 g/mol. The van der Waals surface area contributed by atoms with Crippen molar-refractivity contribution in [2.24, 2.45) is 0 Å². The van der Waals surface area contributed by atoms with Crippen molar-refractivity contribution in [2.45, 2.75) is 156 Å². The molecule has 0 aromatic rings. The number of ether oxygens (including phenoxy) is 1. The minimum Gasteiger partial charge on any atom is -0.459 e. The lowest BCUT2D eigenvalue weighted by Crippen LogP contribution is -2.67. The first-order valence-electron chi connectivity index (χ1n) is 14.8. The van der Waals surface area contributed by atoms with Gasteiger partial charge in [0.25, 0.3) is 0 Å². The van der Waals surface area contributed by atoms with E-state index >= 15 is 0 Å². The molecular formula is C31H54N4O6. The van der Waals surface area contributed by atoms with Gasteiger partial charge in [-0.1, -0.05) is 0 Å². The van der Waals surface area contributed by atoms with Gasteiger partial charge in [-0.15, -0.1) is 0 Å². The molecule has 2 fully saturated rings. The topological polar surface area (TPSA) is 108 Å². The van der Waals surface area contributed by atoms with Crippen LogP contribution in [0.1, 0.15) is 116 Å². The SMILES string of the molecule is CC(=O)OC(CN(C(C)=O)C1CC(C)(C)N(C(C)=O)C(C)(C)C1)CN(C(C)=O)C1CC(C)(C)N(C(C)=O)C(C)(C)C1. The number of hydrogen-bond donors (Lipinski definition) is 0. The van der Waals surface area contributed by atoms with Crippen LogP contribution in [-0.2, 0) is 28.7 Å². The van der Waals surface area contributed by atoms with Gasteiger partial charge in [-0.3, -0.25) is 24.0 Å². The molecule has 4 amide bonds. The summed E-state index contributed by atoms with van der Waals surface area (Å²) in [5, 5.41) is 0. The highest BCUT2D eigenvalue weighted by atomic mass is 16.5. The first-order chi connectivity index (χ1) is 18.4. The quantitative estimate of drug-likeness (QED) is 0.426. The van der Waals surface area contributed by atoms with E-state index in [1.54, 1.807) is 23.6 Å². The lowest BCUT2D eigenvalue weighted by molar-refractivity contribution is -0.161. The molecule has 0 bridgehead atoms. The zero-order chi connectivity index (χ0) is 31.9. The van der Waals surface area contributed by atoms with E-state index in [0.717, 1.165) is 0 Å². The van der Waals surface area contributed by atoms with Crippen LogP contribution in [0.25, 0.3) is 0 Å². The number of carbonyl (C=O) groups excluding carboxylic acids is 5. The Bertz CT molecular complexity index is 939. The van der Waals surface area contributed by atoms with Crippen LogP contribution in [0.3, 0.4) is 0 Å². The maximum atomic E-state index is 13.1. The second kappa shape index (κ2) is 11.9. The van der Waals surface area contributed by atoms with Crippen LogP contribution in [0.15, 0.2) is 0 Å². The normalized spacial score (nSPS) is 21.8. The van der Waals surface area contributed by atoms with Crippen molar-refractivity contribution in [1.82, 2.24) is 19.6 Å². The van der Waals surface area contributed by atoms with Crippen molar-refractivity contribution in [3.05, 3.63) is 0 Å². The molecule has 0 aromatic carbocycles. The largest absolute Gasteiger partial charge is 0.459 e. The third kappa shape index (κ3) is 7.80. The molecule has 2 aliphatic heterocycles. The van der Waals surface area contributed by atoms with E-state index in [4.69, 9.17) is 4.74 Å². The molecule has 0 N–H and O–H groups in total. The Kier molecular flexibility index (Phi) is 10.0. The van der Waals surface area contributed by atoms with Crippen LogP contribution in [-0.4, -0.2) is 103 Å². The predicted molar refractivity (Wildman–Crippen MR) is 158 cm³/mol. The zero-order valence-electron chi connectivity index (χ0n) is 27.7. The molecule has 0 saturated carbocycles. The van der Waals surface area contributed by atoms with Crippen LogP contribution < -0.4 is 0 Å². The first kappa shape index (κ1) is 34.6. The highest BCUT2D eigenvalue weighted by molar-refractivity contribution is 5.77. The number of likely N-dealkylation sites (tertiary alicyclic amines) is 2. The monoisotopic (exact) mass is 578 g/mol. The Morgan fingerprint density at radius 2 is 0.878 bits per heavy atom. The highest BCUT2D eigenvalue weighted by Crippen LogP contribution is 2.42. The number of hydrogen-bond acceptors (Lipinski definition) is 6. The maximum absolute atomic E-state index is 13.1.